The average molecular weight is 257 g/mol. The summed E-state index contributed by atoms with van der Waals surface area (Å²) in [7, 11) is 4.30. The summed E-state index contributed by atoms with van der Waals surface area (Å²) in [5, 5.41) is 3.69. The van der Waals surface area contributed by atoms with Crippen molar-refractivity contribution in [2.75, 3.05) is 33.7 Å². The third-order valence-corrected chi connectivity index (χ3v) is 3.81. The number of rotatable bonds is 10. The lowest BCUT2D eigenvalue weighted by molar-refractivity contribution is 0.132. The molecule has 18 heavy (non-hydrogen) atoms. The maximum atomic E-state index is 3.69. The monoisotopic (exact) mass is 257 g/mol. The first kappa shape index (κ1) is 17.9. The number of hydrogen-bond donors (Lipinski definition) is 1. The Hall–Kier alpha value is -0.120. The number of nitrogens with one attached hydrogen (secondary N) is 1. The van der Waals surface area contributed by atoms with Gasteiger partial charge in [0.2, 0.25) is 0 Å². The van der Waals surface area contributed by atoms with E-state index in [-0.39, 0.29) is 0 Å². The van der Waals surface area contributed by atoms with Crippen LogP contribution < -0.4 is 5.32 Å². The van der Waals surface area contributed by atoms with E-state index >= 15 is 0 Å². The van der Waals surface area contributed by atoms with Crippen molar-refractivity contribution in [1.29, 1.82) is 0 Å². The maximum Gasteiger partial charge on any atom is 0.0197 e. The van der Waals surface area contributed by atoms with E-state index in [4.69, 9.17) is 0 Å². The zero-order valence-corrected chi connectivity index (χ0v) is 13.7. The van der Waals surface area contributed by atoms with Gasteiger partial charge >= 0.3 is 0 Å². The van der Waals surface area contributed by atoms with Crippen molar-refractivity contribution < 1.29 is 0 Å². The van der Waals surface area contributed by atoms with Gasteiger partial charge in [-0.15, -0.1) is 0 Å². The van der Waals surface area contributed by atoms with Crippen LogP contribution in [0.1, 0.15) is 47.5 Å². The average Bonchev–Trinajstić information content (AvgIpc) is 2.30. The molecule has 0 aliphatic carbocycles. The first-order valence-corrected chi connectivity index (χ1v) is 7.59. The van der Waals surface area contributed by atoms with Crippen molar-refractivity contribution in [1.82, 2.24) is 15.1 Å². The molecule has 0 fully saturated rings. The zero-order valence-electron chi connectivity index (χ0n) is 13.7. The summed E-state index contributed by atoms with van der Waals surface area (Å²) in [4.78, 5) is 4.86. The molecule has 0 saturated heterocycles. The van der Waals surface area contributed by atoms with Crippen LogP contribution in [0, 0.1) is 0 Å². The van der Waals surface area contributed by atoms with Gasteiger partial charge in [0, 0.05) is 31.2 Å². The van der Waals surface area contributed by atoms with Crippen LogP contribution in [0.25, 0.3) is 0 Å². The summed E-state index contributed by atoms with van der Waals surface area (Å²) in [5.41, 5.74) is 0. The zero-order chi connectivity index (χ0) is 14.1. The van der Waals surface area contributed by atoms with Gasteiger partial charge in [0.25, 0.3) is 0 Å². The molecule has 110 valence electrons. The SMILES string of the molecule is CCC(CC)NCC(C)N(CC)C(C)CN(C)C. The van der Waals surface area contributed by atoms with Gasteiger partial charge in [0.1, 0.15) is 0 Å². The lowest BCUT2D eigenvalue weighted by atomic mass is 10.1. The molecule has 3 heteroatoms. The molecule has 2 unspecified atom stereocenters. The highest BCUT2D eigenvalue weighted by molar-refractivity contribution is 4.77. The van der Waals surface area contributed by atoms with Crippen molar-refractivity contribution >= 4 is 0 Å². The fraction of sp³-hybridized carbons (Fsp3) is 1.00. The molecule has 3 nitrogen and oxygen atoms in total. The van der Waals surface area contributed by atoms with E-state index < -0.39 is 0 Å². The lowest BCUT2D eigenvalue weighted by Crippen LogP contribution is -2.49. The molecule has 1 N–H and O–H groups in total. The summed E-state index contributed by atoms with van der Waals surface area (Å²) in [6.45, 7) is 14.8. The number of hydrogen-bond acceptors (Lipinski definition) is 3. The third kappa shape index (κ3) is 6.72. The summed E-state index contributed by atoms with van der Waals surface area (Å²) in [6, 6.07) is 1.89. The second kappa shape index (κ2) is 9.76. The lowest BCUT2D eigenvalue weighted by Gasteiger charge is -2.35. The van der Waals surface area contributed by atoms with E-state index in [1.165, 1.54) is 12.8 Å². The molecule has 0 spiro atoms. The van der Waals surface area contributed by atoms with Crippen LogP contribution in [0.2, 0.25) is 0 Å². The van der Waals surface area contributed by atoms with Crippen LogP contribution in [0.3, 0.4) is 0 Å². The Morgan fingerprint density at radius 1 is 0.944 bits per heavy atom. The van der Waals surface area contributed by atoms with Crippen molar-refractivity contribution in [2.24, 2.45) is 0 Å². The van der Waals surface area contributed by atoms with Crippen LogP contribution in [-0.4, -0.2) is 61.7 Å². The molecular formula is C15H35N3. The Labute approximate surface area is 115 Å². The van der Waals surface area contributed by atoms with Crippen molar-refractivity contribution in [3.8, 4) is 0 Å². The molecule has 0 aromatic rings. The minimum absolute atomic E-state index is 0.602. The molecule has 0 aromatic heterocycles. The number of nitrogens with zero attached hydrogens (tertiary/aromatic N) is 2. The van der Waals surface area contributed by atoms with Crippen molar-refractivity contribution in [2.45, 2.75) is 65.6 Å². The molecule has 0 amide bonds. The van der Waals surface area contributed by atoms with Crippen LogP contribution in [0.4, 0.5) is 0 Å². The van der Waals surface area contributed by atoms with E-state index in [1.807, 2.05) is 0 Å². The minimum atomic E-state index is 0.602. The predicted molar refractivity (Wildman–Crippen MR) is 82.2 cm³/mol. The minimum Gasteiger partial charge on any atom is -0.312 e. The predicted octanol–water partition coefficient (Wildman–Crippen LogP) is 2.43. The van der Waals surface area contributed by atoms with Gasteiger partial charge in [-0.1, -0.05) is 20.8 Å². The van der Waals surface area contributed by atoms with E-state index in [1.54, 1.807) is 0 Å². The highest BCUT2D eigenvalue weighted by Gasteiger charge is 2.19. The van der Waals surface area contributed by atoms with E-state index in [2.05, 4.69) is 63.8 Å². The maximum absolute atomic E-state index is 3.69. The highest BCUT2D eigenvalue weighted by atomic mass is 15.2. The fourth-order valence-corrected chi connectivity index (χ4v) is 2.72. The molecule has 0 rings (SSSR count). The molecule has 0 aliphatic rings. The second-order valence-corrected chi connectivity index (χ2v) is 5.71. The Morgan fingerprint density at radius 3 is 1.89 bits per heavy atom. The summed E-state index contributed by atoms with van der Waals surface area (Å²) in [6.07, 6.45) is 2.45. The molecule has 0 radical (unpaired) electrons. The van der Waals surface area contributed by atoms with Gasteiger partial charge in [-0.2, -0.15) is 0 Å². The first-order valence-electron chi connectivity index (χ1n) is 7.59. The van der Waals surface area contributed by atoms with Gasteiger partial charge in [0.15, 0.2) is 0 Å². The third-order valence-electron chi connectivity index (χ3n) is 3.81. The van der Waals surface area contributed by atoms with E-state index in [9.17, 15) is 0 Å². The quantitative estimate of drug-likeness (QED) is 0.648. The second-order valence-electron chi connectivity index (χ2n) is 5.71. The Balaban J connectivity index is 4.20. The standard InChI is InChI=1S/C15H35N3/c1-8-15(9-2)16-11-13(4)18(10-3)14(5)12-17(6)7/h13-16H,8-12H2,1-7H3. The van der Waals surface area contributed by atoms with Crippen LogP contribution in [-0.2, 0) is 0 Å². The van der Waals surface area contributed by atoms with Crippen LogP contribution >= 0.6 is 0 Å². The fourth-order valence-electron chi connectivity index (χ4n) is 2.72. The van der Waals surface area contributed by atoms with Gasteiger partial charge < -0.3 is 10.2 Å². The summed E-state index contributed by atoms with van der Waals surface area (Å²) >= 11 is 0. The number of likely N-dealkylation sites (N-methyl/N-ethyl adjacent to an activating group) is 2. The topological polar surface area (TPSA) is 18.5 Å². The smallest absolute Gasteiger partial charge is 0.0197 e. The largest absolute Gasteiger partial charge is 0.312 e. The molecule has 0 saturated carbocycles. The van der Waals surface area contributed by atoms with Gasteiger partial charge in [-0.3, -0.25) is 4.90 Å². The molecule has 0 aromatic carbocycles. The first-order chi connectivity index (χ1) is 8.46. The van der Waals surface area contributed by atoms with Gasteiger partial charge in [-0.05, 0) is 47.3 Å². The van der Waals surface area contributed by atoms with E-state index in [0.29, 0.717) is 18.1 Å². The van der Waals surface area contributed by atoms with Gasteiger partial charge in [-0.25, -0.2) is 0 Å². The van der Waals surface area contributed by atoms with Crippen LogP contribution in [0.5, 0.6) is 0 Å². The Kier molecular flexibility index (Phi) is 9.70. The van der Waals surface area contributed by atoms with Crippen molar-refractivity contribution in [3.63, 3.8) is 0 Å². The van der Waals surface area contributed by atoms with Gasteiger partial charge in [0.05, 0.1) is 0 Å². The molecule has 0 bridgehead atoms. The molecule has 0 aliphatic heterocycles. The summed E-state index contributed by atoms with van der Waals surface area (Å²) in [5.74, 6) is 0. The van der Waals surface area contributed by atoms with E-state index in [0.717, 1.165) is 19.6 Å². The summed E-state index contributed by atoms with van der Waals surface area (Å²) < 4.78 is 0. The normalized spacial score (nSPS) is 15.7. The highest BCUT2D eigenvalue weighted by Crippen LogP contribution is 2.07. The molecule has 0 heterocycles. The molecular weight excluding hydrogens is 222 g/mol. The Morgan fingerprint density at radius 2 is 1.50 bits per heavy atom. The Bertz CT molecular complexity index is 190. The molecule has 2 atom stereocenters. The van der Waals surface area contributed by atoms with Crippen LogP contribution in [0.15, 0.2) is 0 Å². The van der Waals surface area contributed by atoms with Crippen molar-refractivity contribution in [3.05, 3.63) is 0 Å².